The fraction of sp³-hybridized carbons (Fsp3) is 0.273. The molecule has 0 radical (unpaired) electrons. The number of carbonyl (C=O) groups is 2. The van der Waals surface area contributed by atoms with E-state index in [0.29, 0.717) is 50.4 Å². The van der Waals surface area contributed by atoms with Crippen molar-refractivity contribution in [2.75, 3.05) is 26.4 Å². The summed E-state index contributed by atoms with van der Waals surface area (Å²) in [6, 6.07) is 22.4. The molecular formula is C33H36O6. The van der Waals surface area contributed by atoms with E-state index in [-0.39, 0.29) is 11.9 Å². The number of esters is 2. The van der Waals surface area contributed by atoms with E-state index in [2.05, 4.69) is 38.3 Å². The number of benzene rings is 3. The lowest BCUT2D eigenvalue weighted by Gasteiger charge is -2.12. The molecule has 204 valence electrons. The number of rotatable bonds is 14. The molecule has 3 rings (SSSR count). The van der Waals surface area contributed by atoms with Crippen LogP contribution in [-0.4, -0.2) is 38.4 Å². The van der Waals surface area contributed by atoms with Gasteiger partial charge < -0.3 is 18.9 Å². The van der Waals surface area contributed by atoms with Crippen molar-refractivity contribution in [2.24, 2.45) is 0 Å². The topological polar surface area (TPSA) is 71.1 Å². The Hall–Kier alpha value is -4.32. The number of hydrogen-bond donors (Lipinski definition) is 0. The molecule has 6 nitrogen and oxygen atoms in total. The number of aryl methyl sites for hydroxylation is 1. The maximum Gasteiger partial charge on any atom is 0.333 e. The lowest BCUT2D eigenvalue weighted by molar-refractivity contribution is -0.140. The summed E-state index contributed by atoms with van der Waals surface area (Å²) in [6.07, 6.45) is 1.23. The Morgan fingerprint density at radius 2 is 1.05 bits per heavy atom. The predicted octanol–water partition coefficient (Wildman–Crippen LogP) is 7.11. The molecule has 0 N–H and O–H groups in total. The Morgan fingerprint density at radius 1 is 0.615 bits per heavy atom. The first-order valence-electron chi connectivity index (χ1n) is 13.0. The minimum absolute atomic E-state index is 0.305. The van der Waals surface area contributed by atoms with E-state index in [1.54, 1.807) is 13.8 Å². The summed E-state index contributed by atoms with van der Waals surface area (Å²) in [6.45, 7) is 14.0. The molecule has 0 aliphatic carbocycles. The van der Waals surface area contributed by atoms with Gasteiger partial charge in [-0.25, -0.2) is 9.59 Å². The summed E-state index contributed by atoms with van der Waals surface area (Å²) >= 11 is 0. The second-order valence-electron chi connectivity index (χ2n) is 9.31. The van der Waals surface area contributed by atoms with Crippen molar-refractivity contribution in [3.05, 3.63) is 96.6 Å². The monoisotopic (exact) mass is 528 g/mol. The Labute approximate surface area is 230 Å². The van der Waals surface area contributed by atoms with E-state index in [1.165, 1.54) is 5.56 Å². The van der Waals surface area contributed by atoms with Crippen molar-refractivity contribution in [3.8, 4) is 33.8 Å². The third-order valence-corrected chi connectivity index (χ3v) is 5.86. The maximum absolute atomic E-state index is 11.4. The molecule has 0 aliphatic rings. The van der Waals surface area contributed by atoms with Gasteiger partial charge in [0.15, 0.2) is 0 Å². The summed E-state index contributed by atoms with van der Waals surface area (Å²) in [4.78, 5) is 22.8. The van der Waals surface area contributed by atoms with Gasteiger partial charge in [0.1, 0.15) is 11.5 Å². The van der Waals surface area contributed by atoms with Crippen LogP contribution in [0.15, 0.2) is 91.0 Å². The summed E-state index contributed by atoms with van der Waals surface area (Å²) in [5, 5.41) is 0. The van der Waals surface area contributed by atoms with Crippen LogP contribution >= 0.6 is 0 Å². The fourth-order valence-electron chi connectivity index (χ4n) is 3.72. The highest BCUT2D eigenvalue weighted by Crippen LogP contribution is 2.30. The predicted molar refractivity (Wildman–Crippen MR) is 154 cm³/mol. The molecular weight excluding hydrogens is 492 g/mol. The highest BCUT2D eigenvalue weighted by atomic mass is 16.5. The van der Waals surface area contributed by atoms with Gasteiger partial charge in [-0.1, -0.05) is 55.6 Å². The zero-order chi connectivity index (χ0) is 28.2. The quantitative estimate of drug-likeness (QED) is 0.126. The van der Waals surface area contributed by atoms with Crippen LogP contribution in [0.4, 0.5) is 0 Å². The van der Waals surface area contributed by atoms with E-state index in [4.69, 9.17) is 18.9 Å². The van der Waals surface area contributed by atoms with Gasteiger partial charge in [-0.15, -0.1) is 0 Å². The Bertz CT molecular complexity index is 1290. The molecule has 0 atom stereocenters. The van der Waals surface area contributed by atoms with Gasteiger partial charge in [-0.2, -0.15) is 0 Å². The van der Waals surface area contributed by atoms with Gasteiger partial charge in [0.2, 0.25) is 0 Å². The Morgan fingerprint density at radius 3 is 1.49 bits per heavy atom. The van der Waals surface area contributed by atoms with E-state index in [1.807, 2.05) is 48.5 Å². The first kappa shape index (κ1) is 29.2. The van der Waals surface area contributed by atoms with Gasteiger partial charge in [0.05, 0.1) is 26.4 Å². The third-order valence-electron chi connectivity index (χ3n) is 5.86. The lowest BCUT2D eigenvalue weighted by atomic mass is 9.96. The van der Waals surface area contributed by atoms with Crippen LogP contribution in [0.5, 0.6) is 11.5 Å². The minimum atomic E-state index is -0.376. The highest BCUT2D eigenvalue weighted by Gasteiger charge is 2.07. The van der Waals surface area contributed by atoms with Gasteiger partial charge in [0, 0.05) is 24.0 Å². The van der Waals surface area contributed by atoms with Gasteiger partial charge >= 0.3 is 11.9 Å². The first-order valence-corrected chi connectivity index (χ1v) is 13.0. The molecule has 0 heterocycles. The molecule has 3 aromatic carbocycles. The normalized spacial score (nSPS) is 10.4. The second-order valence-corrected chi connectivity index (χ2v) is 9.31. The zero-order valence-electron chi connectivity index (χ0n) is 23.0. The van der Waals surface area contributed by atoms with Crippen LogP contribution in [0, 0.1) is 6.92 Å². The second kappa shape index (κ2) is 14.6. The Kier molecular flexibility index (Phi) is 10.9. The zero-order valence-corrected chi connectivity index (χ0v) is 23.0. The SMILES string of the molecule is C=C(C)C(=O)OCCCOc1ccc(-c2ccc(-c3ccc(OCCCOC(=O)C(=C)C)cc3)c(C)c2)cc1. The average Bonchev–Trinajstić information content (AvgIpc) is 2.93. The first-order chi connectivity index (χ1) is 18.7. The lowest BCUT2D eigenvalue weighted by Crippen LogP contribution is -2.09. The van der Waals surface area contributed by atoms with Crippen molar-refractivity contribution >= 4 is 11.9 Å². The smallest absolute Gasteiger partial charge is 0.333 e. The van der Waals surface area contributed by atoms with Crippen LogP contribution < -0.4 is 9.47 Å². The van der Waals surface area contributed by atoms with Crippen molar-refractivity contribution in [1.82, 2.24) is 0 Å². The van der Waals surface area contributed by atoms with Crippen molar-refractivity contribution in [1.29, 1.82) is 0 Å². The summed E-state index contributed by atoms with van der Waals surface area (Å²) in [7, 11) is 0. The van der Waals surface area contributed by atoms with Crippen LogP contribution in [0.2, 0.25) is 0 Å². The van der Waals surface area contributed by atoms with Crippen LogP contribution in [-0.2, 0) is 19.1 Å². The minimum Gasteiger partial charge on any atom is -0.493 e. The van der Waals surface area contributed by atoms with Crippen LogP contribution in [0.3, 0.4) is 0 Å². The molecule has 0 saturated carbocycles. The van der Waals surface area contributed by atoms with E-state index < -0.39 is 0 Å². The number of carbonyl (C=O) groups excluding carboxylic acids is 2. The van der Waals surface area contributed by atoms with Crippen molar-refractivity contribution in [2.45, 2.75) is 33.6 Å². The maximum atomic E-state index is 11.4. The molecule has 0 fully saturated rings. The summed E-state index contributed by atoms with van der Waals surface area (Å²) < 4.78 is 21.7. The number of hydrogen-bond acceptors (Lipinski definition) is 6. The van der Waals surface area contributed by atoms with Gasteiger partial charge in [-0.05, 0) is 72.9 Å². The van der Waals surface area contributed by atoms with Crippen molar-refractivity contribution in [3.63, 3.8) is 0 Å². The molecule has 0 saturated heterocycles. The van der Waals surface area contributed by atoms with Crippen LogP contribution in [0.25, 0.3) is 22.3 Å². The molecule has 3 aromatic rings. The standard InChI is InChI=1S/C33H36O6/c1-23(2)32(34)38-20-6-18-36-29-13-8-26(9-14-29)28-12-17-31(25(5)22-28)27-10-15-30(16-11-27)37-19-7-21-39-33(35)24(3)4/h8-17,22H,1,3,6-7,18-21H2,2,4-5H3. The molecule has 0 amide bonds. The summed E-state index contributed by atoms with van der Waals surface area (Å²) in [5.74, 6) is 0.793. The van der Waals surface area contributed by atoms with Gasteiger partial charge in [-0.3, -0.25) is 0 Å². The van der Waals surface area contributed by atoms with Crippen LogP contribution in [0.1, 0.15) is 32.3 Å². The number of ether oxygens (including phenoxy) is 4. The third kappa shape index (κ3) is 9.18. The molecule has 6 heteroatoms. The van der Waals surface area contributed by atoms with Gasteiger partial charge in [0.25, 0.3) is 0 Å². The molecule has 0 bridgehead atoms. The summed E-state index contributed by atoms with van der Waals surface area (Å²) in [5.41, 5.74) is 6.46. The highest BCUT2D eigenvalue weighted by molar-refractivity contribution is 5.87. The molecule has 0 aromatic heterocycles. The van der Waals surface area contributed by atoms with E-state index in [9.17, 15) is 9.59 Å². The average molecular weight is 529 g/mol. The van der Waals surface area contributed by atoms with E-state index >= 15 is 0 Å². The molecule has 0 aliphatic heterocycles. The Balaban J connectivity index is 1.49. The molecule has 39 heavy (non-hydrogen) atoms. The van der Waals surface area contributed by atoms with Crippen molar-refractivity contribution < 1.29 is 28.5 Å². The van der Waals surface area contributed by atoms with E-state index in [0.717, 1.165) is 33.8 Å². The molecule has 0 unspecified atom stereocenters. The molecule has 0 spiro atoms. The fourth-order valence-corrected chi connectivity index (χ4v) is 3.72. The largest absolute Gasteiger partial charge is 0.493 e.